The summed E-state index contributed by atoms with van der Waals surface area (Å²) in [6.45, 7) is 5.02. The Balaban J connectivity index is 2.90. The quantitative estimate of drug-likeness (QED) is 0.761. The average Bonchev–Trinajstić information content (AvgIpc) is 2.48. The van der Waals surface area contributed by atoms with Gasteiger partial charge >= 0.3 is 6.18 Å². The van der Waals surface area contributed by atoms with Gasteiger partial charge in [0.2, 0.25) is 5.91 Å². The summed E-state index contributed by atoms with van der Waals surface area (Å²) in [5.41, 5.74) is 4.25. The van der Waals surface area contributed by atoms with Crippen molar-refractivity contribution >= 4 is 17.7 Å². The van der Waals surface area contributed by atoms with E-state index in [4.69, 9.17) is 10.5 Å². The number of hydrogen-bond donors (Lipinski definition) is 2. The topological polar surface area (TPSA) is 64.4 Å². The number of carbonyl (C=O) groups is 1. The standard InChI is InChI=1S/C17H25F3N2O2S/c1-16(2,3)24-12-6-5-11(13(9-12)17(18,19)20)10-22-15(23)14(21)7-8-25-4/h5-6,9,14H,7-8,10,21H2,1-4H3,(H,22,23)/t14-/m0/s1. The number of amides is 1. The largest absolute Gasteiger partial charge is 0.488 e. The van der Waals surface area contributed by atoms with Crippen LogP contribution in [-0.2, 0) is 17.5 Å². The molecule has 0 unspecified atom stereocenters. The first-order valence-corrected chi connectivity index (χ1v) is 9.25. The molecule has 3 N–H and O–H groups in total. The number of thioether (sulfide) groups is 1. The molecule has 1 amide bonds. The molecular weight excluding hydrogens is 353 g/mol. The summed E-state index contributed by atoms with van der Waals surface area (Å²) in [5, 5.41) is 2.47. The van der Waals surface area contributed by atoms with Gasteiger partial charge in [0.25, 0.3) is 0 Å². The van der Waals surface area contributed by atoms with Crippen molar-refractivity contribution in [1.29, 1.82) is 0 Å². The Morgan fingerprint density at radius 3 is 2.48 bits per heavy atom. The molecule has 0 bridgehead atoms. The van der Waals surface area contributed by atoms with Crippen LogP contribution >= 0.6 is 11.8 Å². The maximum atomic E-state index is 13.3. The molecule has 0 aliphatic rings. The molecule has 25 heavy (non-hydrogen) atoms. The van der Waals surface area contributed by atoms with Gasteiger partial charge in [-0.1, -0.05) is 6.07 Å². The average molecular weight is 378 g/mol. The molecule has 0 aliphatic carbocycles. The number of nitrogens with two attached hydrogens (primary N) is 1. The summed E-state index contributed by atoms with van der Waals surface area (Å²) >= 11 is 1.55. The van der Waals surface area contributed by atoms with Gasteiger partial charge in [0.05, 0.1) is 11.6 Å². The van der Waals surface area contributed by atoms with E-state index in [0.717, 1.165) is 6.07 Å². The van der Waals surface area contributed by atoms with E-state index < -0.39 is 29.3 Å². The fourth-order valence-corrected chi connectivity index (χ4v) is 2.57. The summed E-state index contributed by atoms with van der Waals surface area (Å²) < 4.78 is 45.4. The van der Waals surface area contributed by atoms with E-state index >= 15 is 0 Å². The van der Waals surface area contributed by atoms with Crippen LogP contribution in [0.5, 0.6) is 5.75 Å². The Bertz CT molecular complexity index is 586. The molecule has 1 atom stereocenters. The van der Waals surface area contributed by atoms with Crippen LogP contribution in [-0.4, -0.2) is 29.6 Å². The fourth-order valence-electron chi connectivity index (χ4n) is 2.08. The SMILES string of the molecule is CSCC[C@H](N)C(=O)NCc1ccc(OC(C)(C)C)cc1C(F)(F)F. The first kappa shape index (κ1) is 21.6. The van der Waals surface area contributed by atoms with Gasteiger partial charge in [-0.3, -0.25) is 4.79 Å². The van der Waals surface area contributed by atoms with Crippen molar-refractivity contribution in [2.75, 3.05) is 12.0 Å². The molecule has 1 aromatic rings. The van der Waals surface area contributed by atoms with Gasteiger partial charge in [0.1, 0.15) is 11.4 Å². The van der Waals surface area contributed by atoms with Crippen LogP contribution in [0.4, 0.5) is 13.2 Å². The van der Waals surface area contributed by atoms with E-state index in [9.17, 15) is 18.0 Å². The van der Waals surface area contributed by atoms with Gasteiger partial charge in [-0.15, -0.1) is 0 Å². The van der Waals surface area contributed by atoms with Crippen LogP contribution in [0.3, 0.4) is 0 Å². The molecule has 0 aliphatic heterocycles. The number of nitrogens with one attached hydrogen (secondary N) is 1. The molecule has 0 radical (unpaired) electrons. The summed E-state index contributed by atoms with van der Waals surface area (Å²) in [6.07, 6.45) is -2.18. The highest BCUT2D eigenvalue weighted by atomic mass is 32.2. The molecule has 0 fully saturated rings. The lowest BCUT2D eigenvalue weighted by Crippen LogP contribution is -2.40. The second kappa shape index (κ2) is 8.80. The van der Waals surface area contributed by atoms with Crippen LogP contribution in [0.1, 0.15) is 38.3 Å². The zero-order valence-electron chi connectivity index (χ0n) is 14.9. The Morgan fingerprint density at radius 1 is 1.32 bits per heavy atom. The summed E-state index contributed by atoms with van der Waals surface area (Å²) in [6, 6.07) is 3.01. The number of rotatable bonds is 7. The van der Waals surface area contributed by atoms with Gasteiger partial charge in [0, 0.05) is 6.54 Å². The van der Waals surface area contributed by atoms with Gasteiger partial charge in [0.15, 0.2) is 0 Å². The number of hydrogen-bond acceptors (Lipinski definition) is 4. The van der Waals surface area contributed by atoms with Crippen molar-refractivity contribution in [3.8, 4) is 5.75 Å². The Hall–Kier alpha value is -1.41. The number of benzene rings is 1. The van der Waals surface area contributed by atoms with Crippen molar-refractivity contribution in [3.63, 3.8) is 0 Å². The van der Waals surface area contributed by atoms with Crippen molar-refractivity contribution in [3.05, 3.63) is 29.3 Å². The molecule has 0 aromatic heterocycles. The van der Waals surface area contributed by atoms with E-state index in [0.29, 0.717) is 12.2 Å². The van der Waals surface area contributed by atoms with E-state index in [1.807, 2.05) is 6.26 Å². The lowest BCUT2D eigenvalue weighted by Gasteiger charge is -2.23. The first-order valence-electron chi connectivity index (χ1n) is 7.85. The summed E-state index contributed by atoms with van der Waals surface area (Å²) in [7, 11) is 0. The predicted molar refractivity (Wildman–Crippen MR) is 94.6 cm³/mol. The molecule has 1 aromatic carbocycles. The monoisotopic (exact) mass is 378 g/mol. The molecule has 0 spiro atoms. The van der Waals surface area contributed by atoms with Gasteiger partial charge in [-0.05, 0) is 56.9 Å². The Kier molecular flexibility index (Phi) is 7.62. The van der Waals surface area contributed by atoms with Crippen LogP contribution in [0.2, 0.25) is 0 Å². The summed E-state index contributed by atoms with van der Waals surface area (Å²) in [4.78, 5) is 11.9. The third kappa shape index (κ3) is 7.56. The van der Waals surface area contributed by atoms with Gasteiger partial charge in [-0.2, -0.15) is 24.9 Å². The van der Waals surface area contributed by atoms with E-state index in [1.165, 1.54) is 12.1 Å². The van der Waals surface area contributed by atoms with Crippen molar-refractivity contribution in [2.24, 2.45) is 5.73 Å². The molecule has 4 nitrogen and oxygen atoms in total. The van der Waals surface area contributed by atoms with Crippen LogP contribution in [0, 0.1) is 0 Å². The highest BCUT2D eigenvalue weighted by Crippen LogP contribution is 2.35. The minimum atomic E-state index is -4.54. The highest BCUT2D eigenvalue weighted by molar-refractivity contribution is 7.98. The lowest BCUT2D eigenvalue weighted by molar-refractivity contribution is -0.138. The second-order valence-corrected chi connectivity index (χ2v) is 7.62. The first-order chi connectivity index (χ1) is 11.4. The van der Waals surface area contributed by atoms with Crippen molar-refractivity contribution in [1.82, 2.24) is 5.32 Å². The van der Waals surface area contributed by atoms with Crippen molar-refractivity contribution in [2.45, 2.75) is 51.6 Å². The maximum absolute atomic E-state index is 13.3. The van der Waals surface area contributed by atoms with Crippen LogP contribution in [0.25, 0.3) is 0 Å². The Morgan fingerprint density at radius 2 is 1.96 bits per heavy atom. The smallest absolute Gasteiger partial charge is 0.416 e. The molecule has 0 saturated carbocycles. The minimum Gasteiger partial charge on any atom is -0.488 e. The van der Waals surface area contributed by atoms with E-state index in [-0.39, 0.29) is 17.9 Å². The molecule has 0 heterocycles. The molecular formula is C17H25F3N2O2S. The van der Waals surface area contributed by atoms with Crippen molar-refractivity contribution < 1.29 is 22.7 Å². The zero-order valence-corrected chi connectivity index (χ0v) is 15.7. The molecule has 142 valence electrons. The van der Waals surface area contributed by atoms with Gasteiger partial charge < -0.3 is 15.8 Å². The Labute approximate surface area is 150 Å². The number of halogens is 3. The molecule has 0 saturated heterocycles. The molecule has 8 heteroatoms. The third-order valence-electron chi connectivity index (χ3n) is 3.23. The van der Waals surface area contributed by atoms with Crippen LogP contribution < -0.4 is 15.8 Å². The maximum Gasteiger partial charge on any atom is 0.416 e. The normalized spacial score (nSPS) is 13.4. The number of carbonyl (C=O) groups excluding carboxylic acids is 1. The fraction of sp³-hybridized carbons (Fsp3) is 0.588. The number of ether oxygens (including phenoxy) is 1. The zero-order chi connectivity index (χ0) is 19.3. The van der Waals surface area contributed by atoms with Crippen LogP contribution in [0.15, 0.2) is 18.2 Å². The highest BCUT2D eigenvalue weighted by Gasteiger charge is 2.34. The lowest BCUT2D eigenvalue weighted by atomic mass is 10.1. The molecule has 1 rings (SSSR count). The predicted octanol–water partition coefficient (Wildman–Crippen LogP) is 3.58. The van der Waals surface area contributed by atoms with E-state index in [1.54, 1.807) is 32.5 Å². The van der Waals surface area contributed by atoms with Gasteiger partial charge in [-0.25, -0.2) is 0 Å². The third-order valence-corrected chi connectivity index (χ3v) is 3.88. The summed E-state index contributed by atoms with van der Waals surface area (Å²) in [5.74, 6) is 0.380. The minimum absolute atomic E-state index is 0.0285. The number of alkyl halides is 3. The second-order valence-electron chi connectivity index (χ2n) is 6.64. The van der Waals surface area contributed by atoms with E-state index in [2.05, 4.69) is 5.32 Å².